The zero-order chi connectivity index (χ0) is 14.8. The molecular formula is C17H16N2O2. The van der Waals surface area contributed by atoms with Crippen LogP contribution in [0.4, 0.5) is 0 Å². The zero-order valence-corrected chi connectivity index (χ0v) is 11.7. The summed E-state index contributed by atoms with van der Waals surface area (Å²) < 4.78 is 1.76. The Morgan fingerprint density at radius 3 is 2.57 bits per heavy atom. The third-order valence-corrected chi connectivity index (χ3v) is 3.60. The third-order valence-electron chi connectivity index (χ3n) is 3.60. The highest BCUT2D eigenvalue weighted by atomic mass is 16.3. The standard InChI is InChI=1S/C17H16N2O2/c1-19-15-10-6-5-9-13(15)14(18-19)11-16(20)17(21)12-7-3-2-4-8-12/h2-10,17,21H,11H2,1H3. The van der Waals surface area contributed by atoms with E-state index in [2.05, 4.69) is 5.10 Å². The maximum absolute atomic E-state index is 12.3. The average molecular weight is 280 g/mol. The van der Waals surface area contributed by atoms with Gasteiger partial charge in [0.2, 0.25) is 0 Å². The number of nitrogens with zero attached hydrogens (tertiary/aromatic N) is 2. The van der Waals surface area contributed by atoms with Crippen LogP contribution in [-0.4, -0.2) is 20.7 Å². The summed E-state index contributed by atoms with van der Waals surface area (Å²) >= 11 is 0. The van der Waals surface area contributed by atoms with Gasteiger partial charge in [-0.1, -0.05) is 48.5 Å². The molecule has 106 valence electrons. The van der Waals surface area contributed by atoms with Gasteiger partial charge in [-0.2, -0.15) is 5.10 Å². The molecule has 0 amide bonds. The molecular weight excluding hydrogens is 264 g/mol. The van der Waals surface area contributed by atoms with E-state index >= 15 is 0 Å². The number of fused-ring (bicyclic) bond motifs is 1. The van der Waals surface area contributed by atoms with E-state index in [4.69, 9.17) is 0 Å². The van der Waals surface area contributed by atoms with Crippen molar-refractivity contribution in [3.63, 3.8) is 0 Å². The Morgan fingerprint density at radius 1 is 1.14 bits per heavy atom. The molecule has 2 aromatic carbocycles. The van der Waals surface area contributed by atoms with E-state index in [9.17, 15) is 9.90 Å². The van der Waals surface area contributed by atoms with Crippen molar-refractivity contribution in [1.82, 2.24) is 9.78 Å². The van der Waals surface area contributed by atoms with Crippen LogP contribution in [0, 0.1) is 0 Å². The van der Waals surface area contributed by atoms with Gasteiger partial charge in [-0.25, -0.2) is 0 Å². The first kappa shape index (κ1) is 13.5. The number of hydrogen-bond acceptors (Lipinski definition) is 3. The lowest BCUT2D eigenvalue weighted by molar-refractivity contribution is -0.126. The number of ketones is 1. The molecule has 1 unspecified atom stereocenters. The molecule has 0 spiro atoms. The van der Waals surface area contributed by atoms with Crippen LogP contribution in [0.2, 0.25) is 0 Å². The lowest BCUT2D eigenvalue weighted by Gasteiger charge is -2.08. The van der Waals surface area contributed by atoms with E-state index < -0.39 is 6.10 Å². The summed E-state index contributed by atoms with van der Waals surface area (Å²) in [6.07, 6.45) is -0.982. The van der Waals surface area contributed by atoms with E-state index in [0.717, 1.165) is 10.9 Å². The fourth-order valence-corrected chi connectivity index (χ4v) is 2.50. The summed E-state index contributed by atoms with van der Waals surface area (Å²) in [5.41, 5.74) is 2.30. The van der Waals surface area contributed by atoms with E-state index in [1.165, 1.54) is 0 Å². The van der Waals surface area contributed by atoms with Crippen molar-refractivity contribution in [2.45, 2.75) is 12.5 Å². The van der Waals surface area contributed by atoms with Crippen LogP contribution in [0.15, 0.2) is 54.6 Å². The minimum absolute atomic E-state index is 0.122. The largest absolute Gasteiger partial charge is 0.381 e. The second-order valence-electron chi connectivity index (χ2n) is 5.04. The van der Waals surface area contributed by atoms with E-state index in [-0.39, 0.29) is 12.2 Å². The summed E-state index contributed by atoms with van der Waals surface area (Å²) in [4.78, 5) is 12.3. The molecule has 0 saturated heterocycles. The molecule has 21 heavy (non-hydrogen) atoms. The first-order chi connectivity index (χ1) is 10.2. The van der Waals surface area contributed by atoms with Gasteiger partial charge in [0.25, 0.3) is 0 Å². The van der Waals surface area contributed by atoms with Crippen molar-refractivity contribution in [3.05, 3.63) is 65.9 Å². The van der Waals surface area contributed by atoms with Crippen molar-refractivity contribution in [3.8, 4) is 0 Å². The molecule has 0 bridgehead atoms. The van der Waals surface area contributed by atoms with Gasteiger partial charge in [-0.3, -0.25) is 9.48 Å². The number of hydrogen-bond donors (Lipinski definition) is 1. The van der Waals surface area contributed by atoms with Crippen molar-refractivity contribution < 1.29 is 9.90 Å². The van der Waals surface area contributed by atoms with Crippen LogP contribution in [0.25, 0.3) is 10.9 Å². The molecule has 1 atom stereocenters. The van der Waals surface area contributed by atoms with Crippen LogP contribution >= 0.6 is 0 Å². The molecule has 3 rings (SSSR count). The molecule has 1 N–H and O–H groups in total. The van der Waals surface area contributed by atoms with Gasteiger partial charge in [0.15, 0.2) is 5.78 Å². The third kappa shape index (κ3) is 2.58. The van der Waals surface area contributed by atoms with Crippen molar-refractivity contribution in [2.24, 2.45) is 7.05 Å². The predicted octanol–water partition coefficient (Wildman–Crippen LogP) is 2.42. The minimum atomic E-state index is -1.10. The van der Waals surface area contributed by atoms with Gasteiger partial charge >= 0.3 is 0 Å². The number of aliphatic hydroxyl groups excluding tert-OH is 1. The van der Waals surface area contributed by atoms with Gasteiger partial charge in [-0.15, -0.1) is 0 Å². The van der Waals surface area contributed by atoms with Crippen LogP contribution < -0.4 is 0 Å². The first-order valence-corrected chi connectivity index (χ1v) is 6.83. The van der Waals surface area contributed by atoms with Crippen LogP contribution in [-0.2, 0) is 18.3 Å². The lowest BCUT2D eigenvalue weighted by Crippen LogP contribution is -2.15. The Labute approximate surface area is 122 Å². The molecule has 0 aliphatic heterocycles. The highest BCUT2D eigenvalue weighted by Crippen LogP contribution is 2.21. The Kier molecular flexibility index (Phi) is 3.54. The van der Waals surface area contributed by atoms with Gasteiger partial charge < -0.3 is 5.11 Å². The Bertz CT molecular complexity index is 778. The SMILES string of the molecule is Cn1nc(CC(=O)C(O)c2ccccc2)c2ccccc21. The van der Waals surface area contributed by atoms with Gasteiger partial charge in [-0.05, 0) is 11.6 Å². The number of aromatic nitrogens is 2. The summed E-state index contributed by atoms with van der Waals surface area (Å²) in [5, 5.41) is 15.5. The normalized spacial score (nSPS) is 12.5. The zero-order valence-electron chi connectivity index (χ0n) is 11.7. The summed E-state index contributed by atoms with van der Waals surface area (Å²) in [5.74, 6) is -0.245. The monoisotopic (exact) mass is 280 g/mol. The smallest absolute Gasteiger partial charge is 0.171 e. The summed E-state index contributed by atoms with van der Waals surface area (Å²) in [6, 6.07) is 16.7. The number of Topliss-reactive ketones (excluding diaryl/α,β-unsaturated/α-hetero) is 1. The van der Waals surface area contributed by atoms with Crippen LogP contribution in [0.1, 0.15) is 17.4 Å². The van der Waals surface area contributed by atoms with Gasteiger partial charge in [0, 0.05) is 12.4 Å². The van der Waals surface area contributed by atoms with E-state index in [0.29, 0.717) is 11.3 Å². The maximum atomic E-state index is 12.3. The quantitative estimate of drug-likeness (QED) is 0.798. The topological polar surface area (TPSA) is 55.1 Å². The van der Waals surface area contributed by atoms with Crippen molar-refractivity contribution in [2.75, 3.05) is 0 Å². The molecule has 1 aromatic heterocycles. The second kappa shape index (κ2) is 5.50. The molecule has 4 heteroatoms. The molecule has 3 aromatic rings. The second-order valence-corrected chi connectivity index (χ2v) is 5.04. The molecule has 0 fully saturated rings. The number of carbonyl (C=O) groups is 1. The average Bonchev–Trinajstić information content (AvgIpc) is 2.84. The fraction of sp³-hybridized carbons (Fsp3) is 0.176. The maximum Gasteiger partial charge on any atom is 0.171 e. The Morgan fingerprint density at radius 2 is 1.81 bits per heavy atom. The molecule has 1 heterocycles. The summed E-state index contributed by atoms with van der Waals surface area (Å²) in [7, 11) is 1.85. The highest BCUT2D eigenvalue weighted by Gasteiger charge is 2.20. The molecule has 0 aliphatic rings. The van der Waals surface area contributed by atoms with Crippen LogP contribution in [0.3, 0.4) is 0 Å². The van der Waals surface area contributed by atoms with Crippen LogP contribution in [0.5, 0.6) is 0 Å². The molecule has 4 nitrogen and oxygen atoms in total. The lowest BCUT2D eigenvalue weighted by atomic mass is 10.0. The highest BCUT2D eigenvalue weighted by molar-refractivity contribution is 5.91. The number of benzene rings is 2. The Hall–Kier alpha value is -2.46. The molecule has 0 saturated carbocycles. The van der Waals surface area contributed by atoms with Crippen molar-refractivity contribution >= 4 is 16.7 Å². The summed E-state index contributed by atoms with van der Waals surface area (Å²) in [6.45, 7) is 0. The van der Waals surface area contributed by atoms with Crippen molar-refractivity contribution in [1.29, 1.82) is 0 Å². The number of aliphatic hydroxyl groups is 1. The number of aryl methyl sites for hydroxylation is 1. The number of rotatable bonds is 4. The molecule has 0 aliphatic carbocycles. The minimum Gasteiger partial charge on any atom is -0.381 e. The predicted molar refractivity (Wildman–Crippen MR) is 80.8 cm³/mol. The van der Waals surface area contributed by atoms with E-state index in [1.807, 2.05) is 49.5 Å². The first-order valence-electron chi connectivity index (χ1n) is 6.83. The van der Waals surface area contributed by atoms with E-state index in [1.54, 1.807) is 16.8 Å². The number of carbonyl (C=O) groups excluding carboxylic acids is 1. The van der Waals surface area contributed by atoms with Gasteiger partial charge in [0.05, 0.1) is 17.6 Å². The Balaban J connectivity index is 1.87. The fourth-order valence-electron chi connectivity index (χ4n) is 2.50. The number of para-hydroxylation sites is 1. The molecule has 0 radical (unpaired) electrons. The van der Waals surface area contributed by atoms with Gasteiger partial charge in [0.1, 0.15) is 6.10 Å².